The van der Waals surface area contributed by atoms with E-state index in [4.69, 9.17) is 11.6 Å². The number of fused-ring (bicyclic) bond motifs is 1. The number of piperazine rings is 1. The van der Waals surface area contributed by atoms with Crippen LogP contribution in [0.5, 0.6) is 0 Å². The highest BCUT2D eigenvalue weighted by atomic mass is 35.5. The molecule has 1 aromatic carbocycles. The quantitative estimate of drug-likeness (QED) is 0.648. The first kappa shape index (κ1) is 21.1. The number of amides is 3. The third-order valence-corrected chi connectivity index (χ3v) is 5.65. The van der Waals surface area contributed by atoms with E-state index in [2.05, 4.69) is 37.6 Å². The maximum atomic E-state index is 13.1. The number of likely N-dealkylation sites (N-methyl/N-ethyl adjacent to an activating group) is 1. The number of benzene rings is 1. The molecule has 3 heterocycles. The Kier molecular flexibility index (Phi) is 5.79. The molecular formula is C21H24ClN7O2. The van der Waals surface area contributed by atoms with Gasteiger partial charge >= 0.3 is 6.03 Å². The third kappa shape index (κ3) is 4.33. The second-order valence-electron chi connectivity index (χ2n) is 7.63. The van der Waals surface area contributed by atoms with Crippen LogP contribution in [-0.4, -0.2) is 64.8 Å². The smallest absolute Gasteiger partial charge is 0.326 e. The maximum absolute atomic E-state index is 13.1. The van der Waals surface area contributed by atoms with Gasteiger partial charge in [0.05, 0.1) is 22.3 Å². The van der Waals surface area contributed by atoms with E-state index in [0.717, 1.165) is 42.9 Å². The number of carbonyl (C=O) groups is 2. The second kappa shape index (κ2) is 8.52. The zero-order valence-electron chi connectivity index (χ0n) is 17.6. The summed E-state index contributed by atoms with van der Waals surface area (Å²) in [4.78, 5) is 34.4. The van der Waals surface area contributed by atoms with Crippen molar-refractivity contribution in [1.82, 2.24) is 25.0 Å². The summed E-state index contributed by atoms with van der Waals surface area (Å²) >= 11 is 5.87. The number of aryl methyl sites for hydroxylation is 2. The number of hydrogen-bond donors (Lipinski definition) is 2. The number of halogens is 1. The van der Waals surface area contributed by atoms with Crippen LogP contribution in [0.4, 0.5) is 16.2 Å². The Bertz CT molecular complexity index is 1130. The number of imide groups is 1. The monoisotopic (exact) mass is 441 g/mol. The normalized spacial score (nSPS) is 14.6. The standard InChI is InChI=1S/C21H24ClN7O2/c1-13-17-18(29-10-8-27(2)9-11-29)16(12-23-19(17)28(3)26-13)20(30)25-21(31)24-15-6-4-14(22)5-7-15/h4-7,12H,8-11H2,1-3H3,(H2,24,25,30,31). The lowest BCUT2D eigenvalue weighted by Gasteiger charge is -2.35. The van der Waals surface area contributed by atoms with Crippen molar-refractivity contribution >= 4 is 45.9 Å². The van der Waals surface area contributed by atoms with E-state index in [1.807, 2.05) is 14.0 Å². The molecule has 2 N–H and O–H groups in total. The molecule has 0 bridgehead atoms. The van der Waals surface area contributed by atoms with Crippen LogP contribution in [-0.2, 0) is 7.05 Å². The van der Waals surface area contributed by atoms with Crippen molar-refractivity contribution in [3.8, 4) is 0 Å². The predicted octanol–water partition coefficient (Wildman–Crippen LogP) is 2.64. The molecular weight excluding hydrogens is 418 g/mol. The van der Waals surface area contributed by atoms with Crippen molar-refractivity contribution in [3.05, 3.63) is 46.7 Å². The molecule has 10 heteroatoms. The van der Waals surface area contributed by atoms with Crippen molar-refractivity contribution in [2.75, 3.05) is 43.4 Å². The molecule has 31 heavy (non-hydrogen) atoms. The van der Waals surface area contributed by atoms with Crippen LogP contribution in [0, 0.1) is 6.92 Å². The molecule has 3 aromatic rings. The molecule has 9 nitrogen and oxygen atoms in total. The first-order valence-corrected chi connectivity index (χ1v) is 10.3. The average Bonchev–Trinajstić information content (AvgIpc) is 3.03. The Morgan fingerprint density at radius 1 is 1.06 bits per heavy atom. The van der Waals surface area contributed by atoms with E-state index in [0.29, 0.717) is 21.9 Å². The molecule has 0 atom stereocenters. The van der Waals surface area contributed by atoms with Crippen LogP contribution in [0.2, 0.25) is 5.02 Å². The average molecular weight is 442 g/mol. The summed E-state index contributed by atoms with van der Waals surface area (Å²) in [6.45, 7) is 5.18. The van der Waals surface area contributed by atoms with Gasteiger partial charge in [0.15, 0.2) is 5.65 Å². The summed E-state index contributed by atoms with van der Waals surface area (Å²) in [7, 11) is 3.90. The summed E-state index contributed by atoms with van der Waals surface area (Å²) in [6, 6.07) is 6.02. The summed E-state index contributed by atoms with van der Waals surface area (Å²) in [6.07, 6.45) is 1.52. The zero-order chi connectivity index (χ0) is 22.1. The topological polar surface area (TPSA) is 95.4 Å². The fourth-order valence-electron chi connectivity index (χ4n) is 3.78. The van der Waals surface area contributed by atoms with Crippen molar-refractivity contribution < 1.29 is 9.59 Å². The van der Waals surface area contributed by atoms with Crippen LogP contribution >= 0.6 is 11.6 Å². The minimum absolute atomic E-state index is 0.347. The predicted molar refractivity (Wildman–Crippen MR) is 121 cm³/mol. The molecule has 1 fully saturated rings. The summed E-state index contributed by atoms with van der Waals surface area (Å²) in [5, 5.41) is 10.9. The SMILES string of the molecule is Cc1nn(C)c2ncc(C(=O)NC(=O)Nc3ccc(Cl)cc3)c(N3CCN(C)CC3)c12. The van der Waals surface area contributed by atoms with Crippen LogP contribution in [0.1, 0.15) is 16.1 Å². The summed E-state index contributed by atoms with van der Waals surface area (Å²) in [5.74, 6) is -0.516. The number of aromatic nitrogens is 3. The van der Waals surface area contributed by atoms with E-state index in [-0.39, 0.29) is 0 Å². The number of anilines is 2. The number of carbonyl (C=O) groups excluding carboxylic acids is 2. The van der Waals surface area contributed by atoms with Gasteiger partial charge in [0.1, 0.15) is 0 Å². The van der Waals surface area contributed by atoms with Gasteiger partial charge in [-0.25, -0.2) is 9.78 Å². The number of nitrogens with zero attached hydrogens (tertiary/aromatic N) is 5. The maximum Gasteiger partial charge on any atom is 0.326 e. The number of pyridine rings is 1. The lowest BCUT2D eigenvalue weighted by molar-refractivity contribution is 0.0967. The van der Waals surface area contributed by atoms with Gasteiger partial charge in [0, 0.05) is 50.1 Å². The molecule has 3 amide bonds. The van der Waals surface area contributed by atoms with Gasteiger partial charge in [0.2, 0.25) is 0 Å². The number of hydrogen-bond acceptors (Lipinski definition) is 6. The lowest BCUT2D eigenvalue weighted by Crippen LogP contribution is -2.45. The van der Waals surface area contributed by atoms with E-state index in [9.17, 15) is 9.59 Å². The van der Waals surface area contributed by atoms with Crippen molar-refractivity contribution in [2.45, 2.75) is 6.92 Å². The number of urea groups is 1. The van der Waals surface area contributed by atoms with Crippen molar-refractivity contribution in [2.24, 2.45) is 7.05 Å². The first-order chi connectivity index (χ1) is 14.8. The van der Waals surface area contributed by atoms with E-state index >= 15 is 0 Å². The van der Waals surface area contributed by atoms with E-state index < -0.39 is 11.9 Å². The fourth-order valence-corrected chi connectivity index (χ4v) is 3.91. The summed E-state index contributed by atoms with van der Waals surface area (Å²) in [5.41, 5.74) is 3.14. The molecule has 1 aliphatic rings. The lowest BCUT2D eigenvalue weighted by atomic mass is 10.1. The van der Waals surface area contributed by atoms with Crippen molar-refractivity contribution in [3.63, 3.8) is 0 Å². The second-order valence-corrected chi connectivity index (χ2v) is 8.07. The minimum Gasteiger partial charge on any atom is -0.368 e. The van der Waals surface area contributed by atoms with Gasteiger partial charge in [-0.15, -0.1) is 0 Å². The largest absolute Gasteiger partial charge is 0.368 e. The van der Waals surface area contributed by atoms with Crippen LogP contribution in [0.3, 0.4) is 0 Å². The molecule has 0 aliphatic carbocycles. The van der Waals surface area contributed by atoms with Gasteiger partial charge in [-0.05, 0) is 38.2 Å². The van der Waals surface area contributed by atoms with Gasteiger partial charge in [-0.1, -0.05) is 11.6 Å². The van der Waals surface area contributed by atoms with E-state index in [1.54, 1.807) is 28.9 Å². The molecule has 0 spiro atoms. The molecule has 0 radical (unpaired) electrons. The molecule has 2 aromatic heterocycles. The molecule has 0 unspecified atom stereocenters. The van der Waals surface area contributed by atoms with Gasteiger partial charge < -0.3 is 15.1 Å². The molecule has 0 saturated carbocycles. The number of rotatable bonds is 3. The molecule has 4 rings (SSSR count). The fraction of sp³-hybridized carbons (Fsp3) is 0.333. The highest BCUT2D eigenvalue weighted by molar-refractivity contribution is 6.30. The zero-order valence-corrected chi connectivity index (χ0v) is 18.4. The van der Waals surface area contributed by atoms with Gasteiger partial charge in [-0.3, -0.25) is 14.8 Å². The minimum atomic E-state index is -0.625. The van der Waals surface area contributed by atoms with Crippen LogP contribution in [0.25, 0.3) is 11.0 Å². The summed E-state index contributed by atoms with van der Waals surface area (Å²) < 4.78 is 1.71. The Labute approximate surface area is 185 Å². The van der Waals surface area contributed by atoms with Crippen LogP contribution < -0.4 is 15.5 Å². The Hall–Kier alpha value is -3.17. The Balaban J connectivity index is 1.65. The van der Waals surface area contributed by atoms with E-state index in [1.165, 1.54) is 6.20 Å². The highest BCUT2D eigenvalue weighted by Gasteiger charge is 2.26. The third-order valence-electron chi connectivity index (χ3n) is 5.39. The Morgan fingerprint density at radius 3 is 2.42 bits per heavy atom. The van der Waals surface area contributed by atoms with Gasteiger partial charge in [0.25, 0.3) is 5.91 Å². The van der Waals surface area contributed by atoms with Crippen molar-refractivity contribution in [1.29, 1.82) is 0 Å². The molecule has 1 saturated heterocycles. The van der Waals surface area contributed by atoms with Gasteiger partial charge in [-0.2, -0.15) is 5.10 Å². The first-order valence-electron chi connectivity index (χ1n) is 9.97. The van der Waals surface area contributed by atoms with Crippen LogP contribution in [0.15, 0.2) is 30.5 Å². The highest BCUT2D eigenvalue weighted by Crippen LogP contribution is 2.32. The number of nitrogens with one attached hydrogen (secondary N) is 2. The molecule has 1 aliphatic heterocycles. The molecule has 162 valence electrons. The Morgan fingerprint density at radius 2 is 1.74 bits per heavy atom.